The van der Waals surface area contributed by atoms with Crippen molar-refractivity contribution in [3.8, 4) is 0 Å². The van der Waals surface area contributed by atoms with Crippen molar-refractivity contribution in [3.05, 3.63) is 11.6 Å². The van der Waals surface area contributed by atoms with E-state index in [9.17, 15) is 9.59 Å². The fourth-order valence-corrected chi connectivity index (χ4v) is 1.69. The summed E-state index contributed by atoms with van der Waals surface area (Å²) in [6.45, 7) is 3.74. The third-order valence-electron chi connectivity index (χ3n) is 2.37. The summed E-state index contributed by atoms with van der Waals surface area (Å²) in [5.74, 6) is -0.834. The fourth-order valence-electron chi connectivity index (χ4n) is 1.69. The Morgan fingerprint density at radius 3 is 3.00 bits per heavy atom. The quantitative estimate of drug-likeness (QED) is 0.667. The third kappa shape index (κ3) is 1.62. The van der Waals surface area contributed by atoms with Gasteiger partial charge >= 0.3 is 5.97 Å². The van der Waals surface area contributed by atoms with E-state index in [1.54, 1.807) is 13.8 Å². The van der Waals surface area contributed by atoms with Crippen LogP contribution in [0.2, 0.25) is 0 Å². The number of amides is 1. The third-order valence-corrected chi connectivity index (χ3v) is 2.37. The molecular weight excluding hydrogens is 210 g/mol. The molecule has 0 spiro atoms. The molecule has 2 heterocycles. The van der Waals surface area contributed by atoms with Gasteiger partial charge in [-0.25, -0.2) is 4.79 Å². The van der Waals surface area contributed by atoms with Crippen LogP contribution in [0.5, 0.6) is 0 Å². The number of esters is 1. The van der Waals surface area contributed by atoms with Crippen LogP contribution in [0, 0.1) is 5.92 Å². The van der Waals surface area contributed by atoms with E-state index in [2.05, 4.69) is 15.5 Å². The molecule has 0 saturated carbocycles. The van der Waals surface area contributed by atoms with E-state index in [1.165, 1.54) is 6.08 Å². The Morgan fingerprint density at radius 1 is 1.56 bits per heavy atom. The smallest absolute Gasteiger partial charge is 0.335 e. The second kappa shape index (κ2) is 3.88. The second-order valence-electron chi connectivity index (χ2n) is 3.47. The molecule has 2 aliphatic heterocycles. The Balaban J connectivity index is 2.34. The molecule has 1 amide bonds. The van der Waals surface area contributed by atoms with Gasteiger partial charge in [-0.1, -0.05) is 0 Å². The van der Waals surface area contributed by atoms with Crippen LogP contribution in [0.3, 0.4) is 0 Å². The van der Waals surface area contributed by atoms with E-state index >= 15 is 0 Å². The average Bonchev–Trinajstić information content (AvgIpc) is 2.59. The summed E-state index contributed by atoms with van der Waals surface area (Å²) < 4.78 is 4.89. The van der Waals surface area contributed by atoms with Gasteiger partial charge in [0.2, 0.25) is 5.91 Å². The summed E-state index contributed by atoms with van der Waals surface area (Å²) in [6, 6.07) is 0. The van der Waals surface area contributed by atoms with E-state index in [-0.39, 0.29) is 18.4 Å². The fraction of sp³-hybridized carbons (Fsp3) is 0.400. The molecule has 2 rings (SSSR count). The van der Waals surface area contributed by atoms with Gasteiger partial charge in [-0.15, -0.1) is 5.10 Å². The Bertz CT molecular complexity index is 448. The molecule has 2 aliphatic rings. The Kier molecular flexibility index (Phi) is 2.55. The number of fused-ring (bicyclic) bond motifs is 1. The van der Waals surface area contributed by atoms with Gasteiger partial charge in [0, 0.05) is 6.08 Å². The maximum atomic E-state index is 11.7. The highest BCUT2D eigenvalue weighted by atomic mass is 16.5. The number of hydrogen-bond acceptors (Lipinski definition) is 5. The lowest BCUT2D eigenvalue weighted by molar-refractivity contribution is -0.139. The molecule has 0 radical (unpaired) electrons. The minimum atomic E-state index is -0.494. The van der Waals surface area contributed by atoms with Gasteiger partial charge in [-0.05, 0) is 13.8 Å². The molecule has 0 fully saturated rings. The first-order valence-electron chi connectivity index (χ1n) is 4.95. The van der Waals surface area contributed by atoms with Crippen LogP contribution in [-0.2, 0) is 14.3 Å². The van der Waals surface area contributed by atoms with Crippen molar-refractivity contribution < 1.29 is 14.3 Å². The number of carbonyl (C=O) groups is 2. The molecule has 1 unspecified atom stereocenters. The number of nitrogens with one attached hydrogen (secondary N) is 1. The summed E-state index contributed by atoms with van der Waals surface area (Å²) in [5, 5.41) is 10.2. The predicted molar refractivity (Wildman–Crippen MR) is 56.9 cm³/mol. The van der Waals surface area contributed by atoms with Gasteiger partial charge in [-0.2, -0.15) is 5.10 Å². The summed E-state index contributed by atoms with van der Waals surface area (Å²) in [6.07, 6.45) is 1.24. The predicted octanol–water partition coefficient (Wildman–Crippen LogP) is 0.00990. The minimum Gasteiger partial charge on any atom is -0.463 e. The number of carbonyl (C=O) groups excluding carboxylic acids is 2. The summed E-state index contributed by atoms with van der Waals surface area (Å²) in [7, 11) is 0. The summed E-state index contributed by atoms with van der Waals surface area (Å²) in [5.41, 5.74) is 0.970. The van der Waals surface area contributed by atoms with Crippen LogP contribution >= 0.6 is 0 Å². The van der Waals surface area contributed by atoms with Crippen molar-refractivity contribution >= 4 is 23.4 Å². The van der Waals surface area contributed by atoms with Crippen LogP contribution in [0.15, 0.2) is 21.9 Å². The number of nitrogens with zero attached hydrogens (tertiary/aromatic N) is 2. The molecule has 1 N–H and O–H groups in total. The number of rotatable bonds is 2. The molecular formula is C10H11N3O3. The van der Waals surface area contributed by atoms with E-state index in [4.69, 9.17) is 4.74 Å². The van der Waals surface area contributed by atoms with E-state index in [0.717, 1.165) is 0 Å². The van der Waals surface area contributed by atoms with Crippen molar-refractivity contribution in [1.29, 1.82) is 0 Å². The zero-order valence-corrected chi connectivity index (χ0v) is 8.98. The number of hydrogen-bond donors (Lipinski definition) is 1. The highest BCUT2D eigenvalue weighted by Gasteiger charge is 2.37. The zero-order chi connectivity index (χ0) is 11.7. The number of ether oxygens (including phenoxy) is 1. The molecule has 84 valence electrons. The summed E-state index contributed by atoms with van der Waals surface area (Å²) >= 11 is 0. The van der Waals surface area contributed by atoms with Crippen LogP contribution in [0.1, 0.15) is 13.8 Å². The lowest BCUT2D eigenvalue weighted by Gasteiger charge is -2.20. The highest BCUT2D eigenvalue weighted by Crippen LogP contribution is 2.23. The second-order valence-corrected chi connectivity index (χ2v) is 3.47. The van der Waals surface area contributed by atoms with Gasteiger partial charge in [-0.3, -0.25) is 4.79 Å². The van der Waals surface area contributed by atoms with Crippen LogP contribution < -0.4 is 5.32 Å². The Labute approximate surface area is 92.1 Å². The molecule has 0 aromatic heterocycles. The normalized spacial score (nSPS) is 22.8. The first-order chi connectivity index (χ1) is 7.63. The first-order valence-corrected chi connectivity index (χ1v) is 4.95. The van der Waals surface area contributed by atoms with E-state index in [1.807, 2.05) is 0 Å². The van der Waals surface area contributed by atoms with Gasteiger partial charge in [0.1, 0.15) is 5.84 Å². The molecule has 16 heavy (non-hydrogen) atoms. The zero-order valence-electron chi connectivity index (χ0n) is 8.98. The van der Waals surface area contributed by atoms with Crippen molar-refractivity contribution in [2.75, 3.05) is 6.61 Å². The minimum absolute atomic E-state index is 0.271. The Hall–Kier alpha value is -1.98. The van der Waals surface area contributed by atoms with Crippen LogP contribution in [0.4, 0.5) is 0 Å². The van der Waals surface area contributed by atoms with Gasteiger partial charge in [0.15, 0.2) is 0 Å². The van der Waals surface area contributed by atoms with E-state index < -0.39 is 5.97 Å². The van der Waals surface area contributed by atoms with E-state index in [0.29, 0.717) is 17.1 Å². The average molecular weight is 221 g/mol. The topological polar surface area (TPSA) is 80.1 Å². The van der Waals surface area contributed by atoms with Crippen LogP contribution in [0.25, 0.3) is 0 Å². The van der Waals surface area contributed by atoms with Crippen molar-refractivity contribution in [1.82, 2.24) is 5.32 Å². The van der Waals surface area contributed by atoms with Crippen LogP contribution in [-0.4, -0.2) is 30.0 Å². The van der Waals surface area contributed by atoms with Gasteiger partial charge < -0.3 is 10.1 Å². The number of amidine groups is 1. The molecule has 0 aromatic rings. The van der Waals surface area contributed by atoms with Crippen molar-refractivity contribution in [3.63, 3.8) is 0 Å². The molecule has 6 nitrogen and oxygen atoms in total. The molecule has 0 aromatic carbocycles. The molecule has 0 bridgehead atoms. The summed E-state index contributed by atoms with van der Waals surface area (Å²) in [4.78, 5) is 23.0. The van der Waals surface area contributed by atoms with Gasteiger partial charge in [0.05, 0.1) is 23.8 Å². The molecule has 0 saturated heterocycles. The van der Waals surface area contributed by atoms with Crippen molar-refractivity contribution in [2.45, 2.75) is 13.8 Å². The highest BCUT2D eigenvalue weighted by molar-refractivity contribution is 6.24. The lowest BCUT2D eigenvalue weighted by atomic mass is 9.91. The first kappa shape index (κ1) is 10.5. The molecule has 1 atom stereocenters. The monoisotopic (exact) mass is 221 g/mol. The van der Waals surface area contributed by atoms with Gasteiger partial charge in [0.25, 0.3) is 0 Å². The molecule has 0 aliphatic carbocycles. The SMILES string of the molecule is CCOC(=O)C1=CC(=O)NC2=NN=C(C)C12. The largest absolute Gasteiger partial charge is 0.463 e. The molecule has 6 heteroatoms. The standard InChI is InChI=1S/C10H11N3O3/c1-3-16-10(15)6-4-7(14)11-9-8(6)5(2)12-13-9/h4,8H,3H2,1-2H3,(H,11,13,14). The maximum Gasteiger partial charge on any atom is 0.335 e. The maximum absolute atomic E-state index is 11.7. The van der Waals surface area contributed by atoms with Crippen molar-refractivity contribution in [2.24, 2.45) is 16.1 Å². The lowest BCUT2D eigenvalue weighted by Crippen LogP contribution is -2.42. The Morgan fingerprint density at radius 2 is 2.31 bits per heavy atom.